The van der Waals surface area contributed by atoms with Gasteiger partial charge in [0.2, 0.25) is 0 Å². The molecule has 122 valence electrons. The molecule has 23 heavy (non-hydrogen) atoms. The first-order chi connectivity index (χ1) is 10.9. The molecular weight excluding hydrogens is 310 g/mol. The number of anilines is 1. The highest BCUT2D eigenvalue weighted by atomic mass is 32.2. The topological polar surface area (TPSA) is 46.6 Å². The van der Waals surface area contributed by atoms with Gasteiger partial charge < -0.3 is 9.64 Å². The summed E-state index contributed by atoms with van der Waals surface area (Å²) in [6.45, 7) is 3.90. The molecule has 1 heterocycles. The van der Waals surface area contributed by atoms with Crippen molar-refractivity contribution in [2.75, 3.05) is 30.9 Å². The van der Waals surface area contributed by atoms with Crippen molar-refractivity contribution in [3.63, 3.8) is 0 Å². The van der Waals surface area contributed by atoms with E-state index in [4.69, 9.17) is 4.74 Å². The van der Waals surface area contributed by atoms with Gasteiger partial charge in [-0.2, -0.15) is 0 Å². The summed E-state index contributed by atoms with van der Waals surface area (Å²) in [5.41, 5.74) is 1.39. The minimum Gasteiger partial charge on any atom is -0.367 e. The van der Waals surface area contributed by atoms with Gasteiger partial charge in [0.15, 0.2) is 9.84 Å². The van der Waals surface area contributed by atoms with Gasteiger partial charge >= 0.3 is 0 Å². The van der Waals surface area contributed by atoms with Gasteiger partial charge in [-0.3, -0.25) is 0 Å². The second kappa shape index (κ2) is 5.98. The lowest BCUT2D eigenvalue weighted by Gasteiger charge is -2.42. The Hall–Kier alpha value is -1.85. The van der Waals surface area contributed by atoms with Gasteiger partial charge in [-0.05, 0) is 24.6 Å². The zero-order valence-electron chi connectivity index (χ0n) is 13.4. The molecule has 1 unspecified atom stereocenters. The minimum atomic E-state index is -3.27. The summed E-state index contributed by atoms with van der Waals surface area (Å²) in [6, 6.07) is 17.2. The van der Waals surface area contributed by atoms with Crippen molar-refractivity contribution < 1.29 is 13.2 Å². The molecule has 0 radical (unpaired) electrons. The van der Waals surface area contributed by atoms with E-state index in [0.717, 1.165) is 11.3 Å². The molecule has 1 atom stereocenters. The maximum atomic E-state index is 12.1. The van der Waals surface area contributed by atoms with Crippen molar-refractivity contribution >= 4 is 15.5 Å². The van der Waals surface area contributed by atoms with Crippen molar-refractivity contribution in [1.82, 2.24) is 0 Å². The zero-order chi connectivity index (χ0) is 16.5. The number of ether oxygens (including phenoxy) is 1. The van der Waals surface area contributed by atoms with Crippen molar-refractivity contribution in [3.05, 3.63) is 60.2 Å². The number of hydrogen-bond acceptors (Lipinski definition) is 4. The van der Waals surface area contributed by atoms with Crippen molar-refractivity contribution in [1.29, 1.82) is 0 Å². The third kappa shape index (κ3) is 3.26. The van der Waals surface area contributed by atoms with Gasteiger partial charge in [-0.25, -0.2) is 8.42 Å². The van der Waals surface area contributed by atoms with E-state index in [1.807, 2.05) is 42.5 Å². The number of sulfone groups is 1. The molecule has 1 aliphatic rings. The Morgan fingerprint density at radius 1 is 1.04 bits per heavy atom. The standard InChI is InChI=1S/C18H21NO3S/c1-18(15-8-4-3-5-9-15)14-19(12-13-22-18)16-10-6-7-11-17(16)23(2,20)21/h3-11H,12-14H2,1-2H3. The van der Waals surface area contributed by atoms with Gasteiger partial charge in [-0.15, -0.1) is 0 Å². The highest BCUT2D eigenvalue weighted by Gasteiger charge is 2.35. The Morgan fingerprint density at radius 2 is 1.70 bits per heavy atom. The van der Waals surface area contributed by atoms with E-state index >= 15 is 0 Å². The van der Waals surface area contributed by atoms with Crippen LogP contribution in [-0.2, 0) is 20.2 Å². The average molecular weight is 331 g/mol. The summed E-state index contributed by atoms with van der Waals surface area (Å²) in [5, 5.41) is 0. The summed E-state index contributed by atoms with van der Waals surface area (Å²) < 4.78 is 30.2. The number of hydrogen-bond donors (Lipinski definition) is 0. The normalized spacial score (nSPS) is 22.1. The first kappa shape index (κ1) is 16.0. The molecule has 3 rings (SSSR count). The van der Waals surface area contributed by atoms with Crippen LogP contribution < -0.4 is 4.90 Å². The van der Waals surface area contributed by atoms with Gasteiger partial charge in [0, 0.05) is 12.8 Å². The van der Waals surface area contributed by atoms with Crippen LogP contribution in [0.2, 0.25) is 0 Å². The summed E-state index contributed by atoms with van der Waals surface area (Å²) in [7, 11) is -3.27. The Balaban J connectivity index is 1.97. The van der Waals surface area contributed by atoms with Crippen LogP contribution >= 0.6 is 0 Å². The van der Waals surface area contributed by atoms with Gasteiger partial charge in [0.05, 0.1) is 23.7 Å². The highest BCUT2D eigenvalue weighted by Crippen LogP contribution is 2.34. The van der Waals surface area contributed by atoms with Crippen LogP contribution in [0.1, 0.15) is 12.5 Å². The maximum absolute atomic E-state index is 12.1. The molecule has 1 fully saturated rings. The van der Waals surface area contributed by atoms with Gasteiger partial charge in [-0.1, -0.05) is 42.5 Å². The molecule has 0 N–H and O–H groups in total. The number of nitrogens with zero attached hydrogens (tertiary/aromatic N) is 1. The molecule has 1 aliphatic heterocycles. The molecule has 2 aromatic rings. The number of benzene rings is 2. The predicted octanol–water partition coefficient (Wildman–Crippen LogP) is 2.84. The minimum absolute atomic E-state index is 0.373. The fourth-order valence-electron chi connectivity index (χ4n) is 3.07. The molecule has 1 saturated heterocycles. The third-order valence-corrected chi connectivity index (χ3v) is 5.41. The van der Waals surface area contributed by atoms with Gasteiger partial charge in [0.1, 0.15) is 5.60 Å². The first-order valence-corrected chi connectivity index (χ1v) is 9.53. The number of para-hydroxylation sites is 1. The molecule has 4 nitrogen and oxygen atoms in total. The smallest absolute Gasteiger partial charge is 0.177 e. The van der Waals surface area contributed by atoms with Crippen LogP contribution in [0.3, 0.4) is 0 Å². The molecular formula is C18H21NO3S. The Kier molecular flexibility index (Phi) is 4.17. The second-order valence-electron chi connectivity index (χ2n) is 6.11. The van der Waals surface area contributed by atoms with Crippen LogP contribution in [-0.4, -0.2) is 34.4 Å². The van der Waals surface area contributed by atoms with Crippen LogP contribution in [0.15, 0.2) is 59.5 Å². The first-order valence-electron chi connectivity index (χ1n) is 7.64. The molecule has 0 aromatic heterocycles. The lowest BCUT2D eigenvalue weighted by atomic mass is 9.93. The van der Waals surface area contributed by atoms with Crippen molar-refractivity contribution in [2.24, 2.45) is 0 Å². The Labute approximate surface area is 137 Å². The largest absolute Gasteiger partial charge is 0.367 e. The number of morpholine rings is 1. The SMILES string of the molecule is CC1(c2ccccc2)CN(c2ccccc2S(C)(=O)=O)CCO1. The Morgan fingerprint density at radius 3 is 2.39 bits per heavy atom. The van der Waals surface area contributed by atoms with Crippen molar-refractivity contribution in [3.8, 4) is 0 Å². The summed E-state index contributed by atoms with van der Waals surface area (Å²) in [4.78, 5) is 2.48. The van der Waals surface area contributed by atoms with E-state index in [9.17, 15) is 8.42 Å². The van der Waals surface area contributed by atoms with E-state index in [2.05, 4.69) is 11.8 Å². The molecule has 2 aromatic carbocycles. The predicted molar refractivity (Wildman–Crippen MR) is 91.5 cm³/mol. The highest BCUT2D eigenvalue weighted by molar-refractivity contribution is 7.90. The quantitative estimate of drug-likeness (QED) is 0.868. The van der Waals surface area contributed by atoms with Crippen LogP contribution in [0.4, 0.5) is 5.69 Å². The second-order valence-corrected chi connectivity index (χ2v) is 8.09. The summed E-state index contributed by atoms with van der Waals surface area (Å²) >= 11 is 0. The van der Waals surface area contributed by atoms with E-state index < -0.39 is 15.4 Å². The molecule has 0 amide bonds. The molecule has 0 bridgehead atoms. The fourth-order valence-corrected chi connectivity index (χ4v) is 3.98. The lowest BCUT2D eigenvalue weighted by Crippen LogP contribution is -2.48. The maximum Gasteiger partial charge on any atom is 0.177 e. The third-order valence-electron chi connectivity index (χ3n) is 4.26. The van der Waals surface area contributed by atoms with Gasteiger partial charge in [0.25, 0.3) is 0 Å². The lowest BCUT2D eigenvalue weighted by molar-refractivity contribution is -0.0467. The van der Waals surface area contributed by atoms with E-state index in [1.54, 1.807) is 12.1 Å². The van der Waals surface area contributed by atoms with Crippen molar-refractivity contribution in [2.45, 2.75) is 17.4 Å². The average Bonchev–Trinajstić information content (AvgIpc) is 2.55. The summed E-state index contributed by atoms with van der Waals surface area (Å²) in [6.07, 6.45) is 1.25. The number of rotatable bonds is 3. The van der Waals surface area contributed by atoms with E-state index in [-0.39, 0.29) is 0 Å². The van der Waals surface area contributed by atoms with Crippen LogP contribution in [0.5, 0.6) is 0 Å². The fraction of sp³-hybridized carbons (Fsp3) is 0.333. The summed E-state index contributed by atoms with van der Waals surface area (Å²) in [5.74, 6) is 0. The van der Waals surface area contributed by atoms with Crippen LogP contribution in [0, 0.1) is 0 Å². The zero-order valence-corrected chi connectivity index (χ0v) is 14.2. The van der Waals surface area contributed by atoms with Crippen LogP contribution in [0.25, 0.3) is 0 Å². The Bertz CT molecular complexity index is 789. The molecule has 5 heteroatoms. The molecule has 0 spiro atoms. The molecule has 0 saturated carbocycles. The monoisotopic (exact) mass is 331 g/mol. The van der Waals surface area contributed by atoms with E-state index in [1.165, 1.54) is 6.26 Å². The van der Waals surface area contributed by atoms with E-state index in [0.29, 0.717) is 24.6 Å². The molecule has 0 aliphatic carbocycles.